The lowest BCUT2D eigenvalue weighted by Gasteiger charge is -2.17. The zero-order chi connectivity index (χ0) is 24.4. The van der Waals surface area contributed by atoms with E-state index in [2.05, 4.69) is 15.4 Å². The van der Waals surface area contributed by atoms with Crippen LogP contribution in [0.5, 0.6) is 5.88 Å². The molecule has 178 valence electrons. The van der Waals surface area contributed by atoms with Crippen LogP contribution in [0.25, 0.3) is 11.7 Å². The Morgan fingerprint density at radius 2 is 2.09 bits per heavy atom. The van der Waals surface area contributed by atoms with E-state index in [1.165, 1.54) is 21.7 Å². The van der Waals surface area contributed by atoms with Crippen LogP contribution in [0.2, 0.25) is 0 Å². The summed E-state index contributed by atoms with van der Waals surface area (Å²) in [4.78, 5) is 44.1. The zero-order valence-electron chi connectivity index (χ0n) is 19.4. The van der Waals surface area contributed by atoms with Gasteiger partial charge in [0.25, 0.3) is 11.5 Å². The van der Waals surface area contributed by atoms with Crippen LogP contribution in [-0.2, 0) is 17.9 Å². The molecule has 2 N–H and O–H groups in total. The number of amides is 2. The summed E-state index contributed by atoms with van der Waals surface area (Å²) in [6.45, 7) is 4.61. The normalized spacial score (nSPS) is 13.6. The highest BCUT2D eigenvalue weighted by molar-refractivity contribution is 5.97. The summed E-state index contributed by atoms with van der Waals surface area (Å²) in [6, 6.07) is 5.53. The van der Waals surface area contributed by atoms with E-state index in [4.69, 9.17) is 0 Å². The molecule has 10 nitrogen and oxygen atoms in total. The summed E-state index contributed by atoms with van der Waals surface area (Å²) >= 11 is 0. The fourth-order valence-corrected chi connectivity index (χ4v) is 3.65. The van der Waals surface area contributed by atoms with Crippen LogP contribution < -0.4 is 10.9 Å². The van der Waals surface area contributed by atoms with Crippen LogP contribution in [0.15, 0.2) is 41.5 Å². The third-order valence-electron chi connectivity index (χ3n) is 5.51. The van der Waals surface area contributed by atoms with E-state index in [0.29, 0.717) is 24.3 Å². The first-order chi connectivity index (χ1) is 16.3. The van der Waals surface area contributed by atoms with Gasteiger partial charge in [0.2, 0.25) is 11.8 Å². The van der Waals surface area contributed by atoms with Crippen molar-refractivity contribution in [3.05, 3.63) is 63.8 Å². The molecule has 0 aromatic carbocycles. The quantitative estimate of drug-likeness (QED) is 0.491. The third kappa shape index (κ3) is 4.85. The van der Waals surface area contributed by atoms with Crippen LogP contribution in [0, 0.1) is 5.92 Å². The molecule has 1 fully saturated rings. The Kier molecular flexibility index (Phi) is 6.49. The minimum absolute atomic E-state index is 0.0331. The van der Waals surface area contributed by atoms with Crippen LogP contribution in [0.1, 0.15) is 48.3 Å². The van der Waals surface area contributed by atoms with E-state index >= 15 is 0 Å². The lowest BCUT2D eigenvalue weighted by molar-refractivity contribution is -0.125. The Balaban J connectivity index is 1.68. The smallest absolute Gasteiger partial charge is 0.291 e. The Morgan fingerprint density at radius 1 is 1.32 bits per heavy atom. The van der Waals surface area contributed by atoms with Gasteiger partial charge < -0.3 is 15.3 Å². The number of fused-ring (bicyclic) bond motifs is 1. The molecule has 3 aromatic heterocycles. The molecule has 0 spiro atoms. The number of nitrogens with one attached hydrogen (secondary N) is 1. The fraction of sp³-hybridized carbons (Fsp3) is 0.375. The van der Waals surface area contributed by atoms with E-state index in [9.17, 15) is 19.5 Å². The molecule has 1 aliphatic carbocycles. The van der Waals surface area contributed by atoms with Crippen molar-refractivity contribution in [2.45, 2.75) is 45.8 Å². The number of hydrogen-bond donors (Lipinski definition) is 2. The molecule has 0 atom stereocenters. The Labute approximate surface area is 196 Å². The molecule has 1 saturated carbocycles. The van der Waals surface area contributed by atoms with Crippen molar-refractivity contribution in [2.75, 3.05) is 7.05 Å². The van der Waals surface area contributed by atoms with E-state index in [1.807, 2.05) is 32.0 Å². The number of rotatable bonds is 8. The van der Waals surface area contributed by atoms with Crippen molar-refractivity contribution in [2.24, 2.45) is 5.92 Å². The highest BCUT2D eigenvalue weighted by atomic mass is 16.3. The van der Waals surface area contributed by atoms with Crippen molar-refractivity contribution in [3.8, 4) is 5.88 Å². The second-order valence-electron chi connectivity index (χ2n) is 8.94. The van der Waals surface area contributed by atoms with E-state index in [1.54, 1.807) is 19.3 Å². The minimum Gasteiger partial charge on any atom is -0.494 e. The van der Waals surface area contributed by atoms with Gasteiger partial charge in [0, 0.05) is 37.5 Å². The van der Waals surface area contributed by atoms with Crippen LogP contribution >= 0.6 is 0 Å². The SMILES string of the molecule is CC(C)Cn1c(O)c(C(=O)NC2CC2)c(=O)n2ncc(C=CC(=O)N(C)Cc3ccccn3)c12. The van der Waals surface area contributed by atoms with Gasteiger partial charge in [-0.05, 0) is 37.0 Å². The second kappa shape index (κ2) is 9.50. The third-order valence-corrected chi connectivity index (χ3v) is 5.51. The van der Waals surface area contributed by atoms with Crippen molar-refractivity contribution in [1.29, 1.82) is 0 Å². The van der Waals surface area contributed by atoms with E-state index in [0.717, 1.165) is 23.1 Å². The van der Waals surface area contributed by atoms with Crippen molar-refractivity contribution in [3.63, 3.8) is 0 Å². The van der Waals surface area contributed by atoms with Gasteiger partial charge >= 0.3 is 0 Å². The number of hydrogen-bond acceptors (Lipinski definition) is 6. The molecule has 3 aromatic rings. The summed E-state index contributed by atoms with van der Waals surface area (Å²) < 4.78 is 2.61. The maximum absolute atomic E-state index is 13.1. The van der Waals surface area contributed by atoms with Gasteiger partial charge in [-0.3, -0.25) is 23.9 Å². The van der Waals surface area contributed by atoms with Crippen molar-refractivity contribution in [1.82, 2.24) is 29.4 Å². The van der Waals surface area contributed by atoms with Crippen LogP contribution in [0.3, 0.4) is 0 Å². The topological polar surface area (TPSA) is 122 Å². The van der Waals surface area contributed by atoms with Gasteiger partial charge in [-0.2, -0.15) is 9.61 Å². The molecule has 1 aliphatic rings. The lowest BCUT2D eigenvalue weighted by Crippen LogP contribution is -2.34. The van der Waals surface area contributed by atoms with Crippen LogP contribution in [-0.4, -0.2) is 54.1 Å². The van der Waals surface area contributed by atoms with E-state index in [-0.39, 0.29) is 23.4 Å². The Hall–Kier alpha value is -3.95. The number of likely N-dealkylation sites (N-methyl/N-ethyl adjacent to an activating group) is 1. The predicted molar refractivity (Wildman–Crippen MR) is 126 cm³/mol. The van der Waals surface area contributed by atoms with Gasteiger partial charge in [0.1, 0.15) is 5.65 Å². The molecule has 4 rings (SSSR count). The molecule has 3 heterocycles. The monoisotopic (exact) mass is 464 g/mol. The molecule has 0 aliphatic heterocycles. The molecular formula is C24H28N6O4. The van der Waals surface area contributed by atoms with Crippen molar-refractivity contribution < 1.29 is 14.7 Å². The first-order valence-electron chi connectivity index (χ1n) is 11.2. The molecule has 10 heteroatoms. The average Bonchev–Trinajstić information content (AvgIpc) is 3.50. The zero-order valence-corrected chi connectivity index (χ0v) is 19.4. The first-order valence-corrected chi connectivity index (χ1v) is 11.2. The lowest BCUT2D eigenvalue weighted by atomic mass is 10.2. The number of carbonyl (C=O) groups excluding carboxylic acids is 2. The summed E-state index contributed by atoms with van der Waals surface area (Å²) in [5.41, 5.74) is 0.515. The number of carbonyl (C=O) groups is 2. The molecule has 0 saturated heterocycles. The summed E-state index contributed by atoms with van der Waals surface area (Å²) in [5, 5.41) is 17.9. The molecule has 0 radical (unpaired) electrons. The summed E-state index contributed by atoms with van der Waals surface area (Å²) in [6.07, 6.45) is 7.76. The van der Waals surface area contributed by atoms with E-state index < -0.39 is 17.3 Å². The average molecular weight is 465 g/mol. The molecule has 0 unspecified atom stereocenters. The highest BCUT2D eigenvalue weighted by Crippen LogP contribution is 2.24. The standard InChI is InChI=1S/C24H28N6O4/c1-15(2)13-29-22-16(7-10-19(31)28(3)14-18-6-4-5-11-25-18)12-26-30(22)24(34)20(23(29)33)21(32)27-17-8-9-17/h4-7,10-12,15,17,33H,8-9,13-14H2,1-3H3,(H,27,32). The summed E-state index contributed by atoms with van der Waals surface area (Å²) in [7, 11) is 1.67. The minimum atomic E-state index is -0.705. The van der Waals surface area contributed by atoms with Gasteiger partial charge in [0.05, 0.1) is 18.4 Å². The van der Waals surface area contributed by atoms with Crippen LogP contribution in [0.4, 0.5) is 0 Å². The highest BCUT2D eigenvalue weighted by Gasteiger charge is 2.29. The Bertz CT molecular complexity index is 1300. The Morgan fingerprint density at radius 3 is 2.74 bits per heavy atom. The second-order valence-corrected chi connectivity index (χ2v) is 8.94. The maximum Gasteiger partial charge on any atom is 0.291 e. The van der Waals surface area contributed by atoms with Crippen molar-refractivity contribution >= 4 is 23.5 Å². The number of aromatic hydroxyl groups is 1. The molecule has 0 bridgehead atoms. The summed E-state index contributed by atoms with van der Waals surface area (Å²) in [5.74, 6) is -1.16. The van der Waals surface area contributed by atoms with Gasteiger partial charge in [-0.1, -0.05) is 19.9 Å². The molecular weight excluding hydrogens is 436 g/mol. The largest absolute Gasteiger partial charge is 0.494 e. The first kappa shape index (κ1) is 23.2. The molecule has 2 amide bonds. The number of pyridine rings is 1. The van der Waals surface area contributed by atoms with Gasteiger partial charge in [-0.25, -0.2) is 0 Å². The predicted octanol–water partition coefficient (Wildman–Crippen LogP) is 1.82. The van der Waals surface area contributed by atoms with Gasteiger partial charge in [0.15, 0.2) is 5.56 Å². The number of nitrogens with zero attached hydrogens (tertiary/aromatic N) is 5. The van der Waals surface area contributed by atoms with Gasteiger partial charge in [-0.15, -0.1) is 0 Å². The maximum atomic E-state index is 13.1. The fourth-order valence-electron chi connectivity index (χ4n) is 3.65. The number of aromatic nitrogens is 4. The molecule has 34 heavy (non-hydrogen) atoms.